The molecule has 182 valence electrons. The smallest absolute Gasteiger partial charge is 0.253 e. The molecule has 3 heterocycles. The average Bonchev–Trinajstić information content (AvgIpc) is 3.33. The standard InChI is InChI=1S/C26H32Cl2N4O2/c27-19-3-6-21(23(28)17-19)26(33)30-20-4-1-18(2-5-20)8-11-31-12-14-32(15-13-31)25-22-9-16-34-24(22)7-10-29-25/h3,6-7,10,17-18,20H,1-2,4-5,8-9,11-16H2,(H,30,33). The summed E-state index contributed by atoms with van der Waals surface area (Å²) < 4.78 is 5.71. The van der Waals surface area contributed by atoms with E-state index in [4.69, 9.17) is 27.9 Å². The molecule has 0 unspecified atom stereocenters. The summed E-state index contributed by atoms with van der Waals surface area (Å²) in [6, 6.07) is 7.22. The lowest BCUT2D eigenvalue weighted by atomic mass is 9.84. The molecule has 2 aromatic rings. The van der Waals surface area contributed by atoms with Crippen molar-refractivity contribution in [2.75, 3.05) is 44.2 Å². The van der Waals surface area contributed by atoms with E-state index < -0.39 is 0 Å². The summed E-state index contributed by atoms with van der Waals surface area (Å²) in [5.41, 5.74) is 1.77. The zero-order chi connectivity index (χ0) is 23.5. The van der Waals surface area contributed by atoms with Crippen LogP contribution in [0.2, 0.25) is 10.0 Å². The number of fused-ring (bicyclic) bond motifs is 1. The first-order valence-electron chi connectivity index (χ1n) is 12.4. The second-order valence-corrected chi connectivity index (χ2v) is 10.5. The minimum absolute atomic E-state index is 0.104. The molecule has 1 amide bonds. The Morgan fingerprint density at radius 3 is 2.65 bits per heavy atom. The Labute approximate surface area is 211 Å². The molecule has 2 fully saturated rings. The third-order valence-corrected chi connectivity index (χ3v) is 8.03. The highest BCUT2D eigenvalue weighted by Gasteiger charge is 2.26. The predicted molar refractivity (Wildman–Crippen MR) is 136 cm³/mol. The maximum absolute atomic E-state index is 12.6. The number of nitrogens with zero attached hydrogens (tertiary/aromatic N) is 3. The number of carbonyl (C=O) groups is 1. The van der Waals surface area contributed by atoms with Gasteiger partial charge in [0.15, 0.2) is 0 Å². The molecule has 1 saturated carbocycles. The van der Waals surface area contributed by atoms with Crippen LogP contribution in [0.4, 0.5) is 5.82 Å². The van der Waals surface area contributed by atoms with Crippen molar-refractivity contribution in [3.63, 3.8) is 0 Å². The van der Waals surface area contributed by atoms with Gasteiger partial charge < -0.3 is 15.0 Å². The molecule has 5 rings (SSSR count). The lowest BCUT2D eigenvalue weighted by molar-refractivity contribution is 0.0920. The molecule has 2 aliphatic heterocycles. The largest absolute Gasteiger partial charge is 0.493 e. The van der Waals surface area contributed by atoms with Gasteiger partial charge in [-0.1, -0.05) is 23.2 Å². The minimum atomic E-state index is -0.104. The maximum Gasteiger partial charge on any atom is 0.253 e. The number of ether oxygens (including phenoxy) is 1. The quantitative estimate of drug-likeness (QED) is 0.613. The molecule has 1 aromatic heterocycles. The molecule has 34 heavy (non-hydrogen) atoms. The van der Waals surface area contributed by atoms with Crippen LogP contribution in [-0.4, -0.2) is 61.2 Å². The van der Waals surface area contributed by atoms with Gasteiger partial charge in [-0.15, -0.1) is 0 Å². The van der Waals surface area contributed by atoms with Crippen LogP contribution < -0.4 is 15.0 Å². The van der Waals surface area contributed by atoms with E-state index in [0.717, 1.165) is 76.1 Å². The van der Waals surface area contributed by atoms with E-state index >= 15 is 0 Å². The van der Waals surface area contributed by atoms with Crippen molar-refractivity contribution in [1.29, 1.82) is 0 Å². The second kappa shape index (κ2) is 10.7. The van der Waals surface area contributed by atoms with E-state index in [-0.39, 0.29) is 11.9 Å². The lowest BCUT2D eigenvalue weighted by Gasteiger charge is -2.37. The summed E-state index contributed by atoms with van der Waals surface area (Å²) in [7, 11) is 0. The number of pyridine rings is 1. The van der Waals surface area contributed by atoms with Gasteiger partial charge in [0, 0.05) is 55.4 Å². The number of hydrogen-bond donors (Lipinski definition) is 1. The lowest BCUT2D eigenvalue weighted by Crippen LogP contribution is -2.47. The number of aromatic nitrogens is 1. The summed E-state index contributed by atoms with van der Waals surface area (Å²) in [4.78, 5) is 22.3. The van der Waals surface area contributed by atoms with E-state index in [1.54, 1.807) is 18.2 Å². The molecule has 0 radical (unpaired) electrons. The Bertz CT molecular complexity index is 1020. The van der Waals surface area contributed by atoms with Crippen LogP contribution in [0.5, 0.6) is 5.75 Å². The van der Waals surface area contributed by atoms with E-state index in [1.165, 1.54) is 24.8 Å². The number of carbonyl (C=O) groups excluding carboxylic acids is 1. The first kappa shape index (κ1) is 23.7. The zero-order valence-corrected chi connectivity index (χ0v) is 21.0. The maximum atomic E-state index is 12.6. The van der Waals surface area contributed by atoms with Crippen LogP contribution in [0.25, 0.3) is 0 Å². The van der Waals surface area contributed by atoms with Gasteiger partial charge in [-0.05, 0) is 68.8 Å². The molecular formula is C26H32Cl2N4O2. The van der Waals surface area contributed by atoms with E-state index in [9.17, 15) is 4.79 Å². The molecule has 0 spiro atoms. The van der Waals surface area contributed by atoms with E-state index in [1.807, 2.05) is 12.3 Å². The Balaban J connectivity index is 1.03. The monoisotopic (exact) mass is 502 g/mol. The van der Waals surface area contributed by atoms with Crippen molar-refractivity contribution in [1.82, 2.24) is 15.2 Å². The fraction of sp³-hybridized carbons (Fsp3) is 0.538. The van der Waals surface area contributed by atoms with Gasteiger partial charge >= 0.3 is 0 Å². The van der Waals surface area contributed by atoms with Crippen molar-refractivity contribution in [2.24, 2.45) is 5.92 Å². The number of anilines is 1. The first-order chi connectivity index (χ1) is 16.6. The fourth-order valence-electron chi connectivity index (χ4n) is 5.45. The molecular weight excluding hydrogens is 471 g/mol. The molecule has 8 heteroatoms. The molecule has 0 atom stereocenters. The number of benzene rings is 1. The normalized spacial score (nSPS) is 22.8. The number of halogens is 2. The van der Waals surface area contributed by atoms with Crippen molar-refractivity contribution < 1.29 is 9.53 Å². The molecule has 1 aromatic carbocycles. The van der Waals surface area contributed by atoms with Gasteiger partial charge in [0.05, 0.1) is 17.2 Å². The third kappa shape index (κ3) is 5.45. The highest BCUT2D eigenvalue weighted by Crippen LogP contribution is 2.33. The third-order valence-electron chi connectivity index (χ3n) is 7.48. The Hall–Kier alpha value is -2.02. The zero-order valence-electron chi connectivity index (χ0n) is 19.4. The van der Waals surface area contributed by atoms with Crippen LogP contribution >= 0.6 is 23.2 Å². The van der Waals surface area contributed by atoms with Crippen LogP contribution in [0.1, 0.15) is 48.0 Å². The Morgan fingerprint density at radius 1 is 1.09 bits per heavy atom. The van der Waals surface area contributed by atoms with Crippen LogP contribution in [0.15, 0.2) is 30.5 Å². The highest BCUT2D eigenvalue weighted by atomic mass is 35.5. The fourth-order valence-corrected chi connectivity index (χ4v) is 5.95. The number of hydrogen-bond acceptors (Lipinski definition) is 5. The summed E-state index contributed by atoms with van der Waals surface area (Å²) in [5.74, 6) is 2.76. The molecule has 1 aliphatic carbocycles. The van der Waals surface area contributed by atoms with Crippen LogP contribution in [0, 0.1) is 5.92 Å². The van der Waals surface area contributed by atoms with Crippen LogP contribution in [-0.2, 0) is 6.42 Å². The van der Waals surface area contributed by atoms with Gasteiger partial charge in [0.1, 0.15) is 11.6 Å². The highest BCUT2D eigenvalue weighted by molar-refractivity contribution is 6.36. The molecule has 6 nitrogen and oxygen atoms in total. The molecule has 1 N–H and O–H groups in total. The van der Waals surface area contributed by atoms with Gasteiger partial charge in [-0.3, -0.25) is 9.69 Å². The predicted octanol–water partition coefficient (Wildman–Crippen LogP) is 4.82. The number of piperazine rings is 1. The first-order valence-corrected chi connectivity index (χ1v) is 13.2. The average molecular weight is 503 g/mol. The summed E-state index contributed by atoms with van der Waals surface area (Å²) in [5, 5.41) is 4.10. The Kier molecular flexibility index (Phi) is 7.47. The van der Waals surface area contributed by atoms with Gasteiger partial charge in [-0.25, -0.2) is 4.98 Å². The second-order valence-electron chi connectivity index (χ2n) is 9.64. The van der Waals surface area contributed by atoms with Gasteiger partial charge in [0.25, 0.3) is 5.91 Å². The summed E-state index contributed by atoms with van der Waals surface area (Å²) in [6.45, 7) is 6.14. The number of nitrogens with one attached hydrogen (secondary N) is 1. The van der Waals surface area contributed by atoms with Crippen LogP contribution in [0.3, 0.4) is 0 Å². The number of amides is 1. The van der Waals surface area contributed by atoms with Gasteiger partial charge in [0.2, 0.25) is 0 Å². The molecule has 1 saturated heterocycles. The van der Waals surface area contributed by atoms with Crippen molar-refractivity contribution in [3.8, 4) is 5.75 Å². The van der Waals surface area contributed by atoms with Crippen molar-refractivity contribution in [3.05, 3.63) is 51.6 Å². The SMILES string of the molecule is O=C(NC1CCC(CCN2CCN(c3nccc4c3CCO4)CC2)CC1)c1ccc(Cl)cc1Cl. The number of rotatable bonds is 6. The van der Waals surface area contributed by atoms with E-state index in [2.05, 4.69) is 20.1 Å². The van der Waals surface area contributed by atoms with E-state index in [0.29, 0.717) is 15.6 Å². The topological polar surface area (TPSA) is 57.7 Å². The molecule has 3 aliphatic rings. The summed E-state index contributed by atoms with van der Waals surface area (Å²) in [6.07, 6.45) is 8.46. The van der Waals surface area contributed by atoms with Crippen molar-refractivity contribution in [2.45, 2.75) is 44.6 Å². The Morgan fingerprint density at radius 2 is 1.88 bits per heavy atom. The van der Waals surface area contributed by atoms with Crippen molar-refractivity contribution >= 4 is 34.9 Å². The minimum Gasteiger partial charge on any atom is -0.493 e. The van der Waals surface area contributed by atoms with Gasteiger partial charge in [-0.2, -0.15) is 0 Å². The molecule has 0 bridgehead atoms. The summed E-state index contributed by atoms with van der Waals surface area (Å²) >= 11 is 12.1.